The number of nitrogens with zero attached hydrogens (tertiary/aromatic N) is 1. The van der Waals surface area contributed by atoms with Gasteiger partial charge in [-0.2, -0.15) is 0 Å². The molecule has 0 aliphatic heterocycles. The third kappa shape index (κ3) is 3.89. The summed E-state index contributed by atoms with van der Waals surface area (Å²) in [5.41, 5.74) is 7.70. The Kier molecular flexibility index (Phi) is 5.27. The van der Waals surface area contributed by atoms with Crippen molar-refractivity contribution in [2.45, 2.75) is 51.6 Å². The molecule has 1 aromatic rings. The number of para-hydroxylation sites is 1. The van der Waals surface area contributed by atoms with Gasteiger partial charge in [0.05, 0.1) is 0 Å². The fourth-order valence-electron chi connectivity index (χ4n) is 2.72. The molecule has 1 aliphatic carbocycles. The van der Waals surface area contributed by atoms with Gasteiger partial charge in [-0.1, -0.05) is 37.5 Å². The summed E-state index contributed by atoms with van der Waals surface area (Å²) in [6.45, 7) is 3.26. The zero-order valence-electron chi connectivity index (χ0n) is 12.3. The van der Waals surface area contributed by atoms with E-state index in [4.69, 9.17) is 5.73 Å². The van der Waals surface area contributed by atoms with Crippen LogP contribution in [-0.2, 0) is 6.54 Å². The maximum atomic E-state index is 12.3. The summed E-state index contributed by atoms with van der Waals surface area (Å²) in [5, 5.41) is 3.16. The highest BCUT2D eigenvalue weighted by Gasteiger charge is 2.19. The number of rotatable bonds is 4. The Morgan fingerprint density at radius 2 is 2.00 bits per heavy atom. The smallest absolute Gasteiger partial charge is 0.317 e. The van der Waals surface area contributed by atoms with E-state index in [0.717, 1.165) is 24.1 Å². The summed E-state index contributed by atoms with van der Waals surface area (Å²) in [4.78, 5) is 14.2. The fraction of sp³-hybridized carbons (Fsp3) is 0.562. The van der Waals surface area contributed by atoms with Gasteiger partial charge in [0, 0.05) is 24.8 Å². The number of hydrogen-bond acceptors (Lipinski definition) is 2. The lowest BCUT2D eigenvalue weighted by Gasteiger charge is -2.28. The number of carbonyl (C=O) groups is 1. The van der Waals surface area contributed by atoms with Crippen LogP contribution < -0.4 is 11.1 Å². The second kappa shape index (κ2) is 7.17. The summed E-state index contributed by atoms with van der Waals surface area (Å²) >= 11 is 0. The van der Waals surface area contributed by atoms with Gasteiger partial charge >= 0.3 is 6.03 Å². The first kappa shape index (κ1) is 14.7. The summed E-state index contributed by atoms with van der Waals surface area (Å²) in [6.07, 6.45) is 5.96. The van der Waals surface area contributed by atoms with Crippen molar-refractivity contribution in [3.05, 3.63) is 29.8 Å². The van der Waals surface area contributed by atoms with E-state index in [2.05, 4.69) is 5.32 Å². The van der Waals surface area contributed by atoms with Crippen molar-refractivity contribution in [2.24, 2.45) is 0 Å². The van der Waals surface area contributed by atoms with Crippen LogP contribution in [0.3, 0.4) is 0 Å². The highest BCUT2D eigenvalue weighted by Crippen LogP contribution is 2.18. The zero-order valence-corrected chi connectivity index (χ0v) is 12.3. The van der Waals surface area contributed by atoms with Crippen LogP contribution in [0.4, 0.5) is 10.5 Å². The van der Waals surface area contributed by atoms with Gasteiger partial charge in [-0.15, -0.1) is 0 Å². The van der Waals surface area contributed by atoms with Crippen molar-refractivity contribution >= 4 is 11.7 Å². The summed E-state index contributed by atoms with van der Waals surface area (Å²) < 4.78 is 0. The zero-order chi connectivity index (χ0) is 14.4. The lowest BCUT2D eigenvalue weighted by molar-refractivity contribution is 0.190. The van der Waals surface area contributed by atoms with Gasteiger partial charge in [0.25, 0.3) is 0 Å². The molecular weight excluding hydrogens is 250 g/mol. The highest BCUT2D eigenvalue weighted by atomic mass is 16.2. The largest absolute Gasteiger partial charge is 0.398 e. The predicted octanol–water partition coefficient (Wildman–Crippen LogP) is 3.13. The molecule has 1 aliphatic rings. The Balaban J connectivity index is 1.93. The summed E-state index contributed by atoms with van der Waals surface area (Å²) in [7, 11) is 0. The molecule has 2 amide bonds. The van der Waals surface area contributed by atoms with Crippen LogP contribution in [0.1, 0.15) is 44.6 Å². The van der Waals surface area contributed by atoms with Crippen molar-refractivity contribution < 1.29 is 4.79 Å². The Labute approximate surface area is 121 Å². The normalized spacial score (nSPS) is 15.8. The molecule has 0 unspecified atom stereocenters. The predicted molar refractivity (Wildman–Crippen MR) is 82.3 cm³/mol. The van der Waals surface area contributed by atoms with Gasteiger partial charge in [-0.25, -0.2) is 4.79 Å². The molecular formula is C16H25N3O. The van der Waals surface area contributed by atoms with Crippen LogP contribution in [0.5, 0.6) is 0 Å². The van der Waals surface area contributed by atoms with E-state index in [1.54, 1.807) is 0 Å². The molecule has 0 radical (unpaired) electrons. The second-order valence-electron chi connectivity index (χ2n) is 5.50. The minimum atomic E-state index is 0.0302. The maximum Gasteiger partial charge on any atom is 0.317 e. The molecule has 0 atom stereocenters. The van der Waals surface area contributed by atoms with Crippen LogP contribution in [0.15, 0.2) is 24.3 Å². The molecule has 1 fully saturated rings. The number of nitrogen functional groups attached to an aromatic ring is 1. The Bertz CT molecular complexity index is 441. The number of benzene rings is 1. The molecule has 1 saturated carbocycles. The van der Waals surface area contributed by atoms with Crippen molar-refractivity contribution in [1.29, 1.82) is 0 Å². The quantitative estimate of drug-likeness (QED) is 0.829. The van der Waals surface area contributed by atoms with Crippen LogP contribution in [0.25, 0.3) is 0 Å². The van der Waals surface area contributed by atoms with Crippen molar-refractivity contribution in [3.8, 4) is 0 Å². The van der Waals surface area contributed by atoms with Gasteiger partial charge in [-0.3, -0.25) is 0 Å². The molecule has 4 nitrogen and oxygen atoms in total. The van der Waals surface area contributed by atoms with Crippen LogP contribution >= 0.6 is 0 Å². The average molecular weight is 275 g/mol. The van der Waals surface area contributed by atoms with E-state index in [-0.39, 0.29) is 6.03 Å². The number of anilines is 1. The molecule has 1 aromatic carbocycles. The molecule has 0 spiro atoms. The monoisotopic (exact) mass is 275 g/mol. The number of nitrogens with two attached hydrogens (primary N) is 1. The van der Waals surface area contributed by atoms with Gasteiger partial charge in [0.15, 0.2) is 0 Å². The third-order valence-electron chi connectivity index (χ3n) is 4.02. The Hall–Kier alpha value is -1.71. The first-order valence-corrected chi connectivity index (χ1v) is 7.59. The minimum Gasteiger partial charge on any atom is -0.398 e. The SMILES string of the molecule is CCN(Cc1ccccc1N)C(=O)NC1CCCCC1. The van der Waals surface area contributed by atoms with Crippen molar-refractivity contribution in [1.82, 2.24) is 10.2 Å². The fourth-order valence-corrected chi connectivity index (χ4v) is 2.72. The Morgan fingerprint density at radius 1 is 1.30 bits per heavy atom. The minimum absolute atomic E-state index is 0.0302. The van der Waals surface area contributed by atoms with Crippen LogP contribution in [-0.4, -0.2) is 23.5 Å². The number of nitrogens with one attached hydrogen (secondary N) is 1. The number of amides is 2. The molecule has 0 saturated heterocycles. The molecule has 20 heavy (non-hydrogen) atoms. The topological polar surface area (TPSA) is 58.4 Å². The summed E-state index contributed by atoms with van der Waals surface area (Å²) in [6, 6.07) is 8.10. The van der Waals surface area contributed by atoms with E-state index in [1.807, 2.05) is 36.1 Å². The average Bonchev–Trinajstić information content (AvgIpc) is 2.47. The van der Waals surface area contributed by atoms with Gasteiger partial charge in [0.1, 0.15) is 0 Å². The molecule has 0 aromatic heterocycles. The highest BCUT2D eigenvalue weighted by molar-refractivity contribution is 5.74. The van der Waals surface area contributed by atoms with Crippen LogP contribution in [0, 0.1) is 0 Å². The molecule has 0 heterocycles. The van der Waals surface area contributed by atoms with E-state index < -0.39 is 0 Å². The van der Waals surface area contributed by atoms with Crippen molar-refractivity contribution in [3.63, 3.8) is 0 Å². The molecule has 0 bridgehead atoms. The standard InChI is InChI=1S/C16H25N3O/c1-2-19(12-13-8-6-7-11-15(13)17)16(20)18-14-9-4-3-5-10-14/h6-8,11,14H,2-5,9-10,12,17H2,1H3,(H,18,20). The molecule has 110 valence electrons. The van der Waals surface area contributed by atoms with E-state index in [9.17, 15) is 4.79 Å². The van der Waals surface area contributed by atoms with Crippen LogP contribution in [0.2, 0.25) is 0 Å². The van der Waals surface area contributed by atoms with E-state index >= 15 is 0 Å². The number of carbonyl (C=O) groups excluding carboxylic acids is 1. The maximum absolute atomic E-state index is 12.3. The lowest BCUT2D eigenvalue weighted by Crippen LogP contribution is -2.45. The van der Waals surface area contributed by atoms with Crippen molar-refractivity contribution in [2.75, 3.05) is 12.3 Å². The molecule has 3 N–H and O–H groups in total. The number of hydrogen-bond donors (Lipinski definition) is 2. The first-order chi connectivity index (χ1) is 9.70. The van der Waals surface area contributed by atoms with E-state index in [0.29, 0.717) is 19.1 Å². The number of urea groups is 1. The summed E-state index contributed by atoms with van der Waals surface area (Å²) in [5.74, 6) is 0. The van der Waals surface area contributed by atoms with Gasteiger partial charge in [-0.05, 0) is 31.4 Å². The van der Waals surface area contributed by atoms with E-state index in [1.165, 1.54) is 19.3 Å². The molecule has 2 rings (SSSR count). The lowest BCUT2D eigenvalue weighted by atomic mass is 9.96. The first-order valence-electron chi connectivity index (χ1n) is 7.59. The third-order valence-corrected chi connectivity index (χ3v) is 4.02. The van der Waals surface area contributed by atoms with Gasteiger partial charge < -0.3 is 16.0 Å². The van der Waals surface area contributed by atoms with Gasteiger partial charge in [0.2, 0.25) is 0 Å². The molecule has 4 heteroatoms. The second-order valence-corrected chi connectivity index (χ2v) is 5.50. The Morgan fingerprint density at radius 3 is 2.65 bits per heavy atom.